The van der Waals surface area contributed by atoms with E-state index < -0.39 is 0 Å². The van der Waals surface area contributed by atoms with Gasteiger partial charge in [-0.3, -0.25) is 4.90 Å². The van der Waals surface area contributed by atoms with E-state index in [0.29, 0.717) is 6.04 Å². The van der Waals surface area contributed by atoms with Crippen molar-refractivity contribution in [3.8, 4) is 0 Å². The number of nitrogens with zero attached hydrogens (tertiary/aromatic N) is 2. The molecule has 1 aromatic rings. The van der Waals surface area contributed by atoms with Crippen molar-refractivity contribution in [1.82, 2.24) is 4.90 Å². The van der Waals surface area contributed by atoms with Gasteiger partial charge in [0.25, 0.3) is 0 Å². The molecule has 1 aromatic carbocycles. The van der Waals surface area contributed by atoms with E-state index in [1.54, 1.807) is 6.07 Å². The zero-order valence-corrected chi connectivity index (χ0v) is 12.1. The number of hydrogen-bond donors (Lipinski definition) is 1. The van der Waals surface area contributed by atoms with Gasteiger partial charge in [-0.25, -0.2) is 4.39 Å². The van der Waals surface area contributed by atoms with E-state index in [1.807, 2.05) is 13.0 Å². The number of likely N-dealkylation sites (N-methyl/N-ethyl adjacent to an activating group) is 1. The third kappa shape index (κ3) is 3.07. The third-order valence-electron chi connectivity index (χ3n) is 3.99. The van der Waals surface area contributed by atoms with Crippen molar-refractivity contribution >= 4 is 5.69 Å². The fourth-order valence-electron chi connectivity index (χ4n) is 2.86. The van der Waals surface area contributed by atoms with Crippen LogP contribution in [0.15, 0.2) is 18.2 Å². The minimum atomic E-state index is -0.212. The number of hydrogen-bond acceptors (Lipinski definition) is 3. The predicted octanol–water partition coefficient (Wildman–Crippen LogP) is 2.38. The highest BCUT2D eigenvalue weighted by Crippen LogP contribution is 2.28. The molecule has 0 radical (unpaired) electrons. The van der Waals surface area contributed by atoms with E-state index in [1.165, 1.54) is 6.07 Å². The Morgan fingerprint density at radius 2 is 2.16 bits per heavy atom. The Morgan fingerprint density at radius 1 is 1.42 bits per heavy atom. The number of nitrogens with two attached hydrogens (primary N) is 1. The molecular formula is C15H24FN3. The second kappa shape index (κ2) is 5.88. The van der Waals surface area contributed by atoms with Gasteiger partial charge in [-0.1, -0.05) is 6.92 Å². The first kappa shape index (κ1) is 14.3. The normalized spacial score (nSPS) is 22.6. The topological polar surface area (TPSA) is 32.5 Å². The van der Waals surface area contributed by atoms with Crippen LogP contribution in [-0.2, 0) is 0 Å². The quantitative estimate of drug-likeness (QED) is 0.910. The summed E-state index contributed by atoms with van der Waals surface area (Å²) >= 11 is 0. The van der Waals surface area contributed by atoms with Crippen molar-refractivity contribution in [1.29, 1.82) is 0 Å². The Balaban J connectivity index is 2.23. The first-order chi connectivity index (χ1) is 9.02. The summed E-state index contributed by atoms with van der Waals surface area (Å²) in [7, 11) is 0. The summed E-state index contributed by atoms with van der Waals surface area (Å²) in [6.45, 7) is 10.4. The molecule has 0 aliphatic carbocycles. The summed E-state index contributed by atoms with van der Waals surface area (Å²) < 4.78 is 13.4. The van der Waals surface area contributed by atoms with Crippen LogP contribution >= 0.6 is 0 Å². The van der Waals surface area contributed by atoms with Crippen LogP contribution in [0.1, 0.15) is 32.4 Å². The third-order valence-corrected chi connectivity index (χ3v) is 3.99. The van der Waals surface area contributed by atoms with Gasteiger partial charge in [0.15, 0.2) is 0 Å². The van der Waals surface area contributed by atoms with Crippen LogP contribution in [0.3, 0.4) is 0 Å². The number of rotatable bonds is 3. The fourth-order valence-corrected chi connectivity index (χ4v) is 2.86. The molecule has 1 heterocycles. The second-order valence-corrected chi connectivity index (χ2v) is 5.42. The lowest BCUT2D eigenvalue weighted by Gasteiger charge is -2.41. The maximum absolute atomic E-state index is 13.4. The molecule has 2 atom stereocenters. The Hall–Kier alpha value is -1.13. The van der Waals surface area contributed by atoms with Crippen LogP contribution in [0.5, 0.6) is 0 Å². The van der Waals surface area contributed by atoms with Crippen LogP contribution in [0.2, 0.25) is 0 Å². The summed E-state index contributed by atoms with van der Waals surface area (Å²) in [5.41, 5.74) is 7.96. The molecule has 0 saturated carbocycles. The van der Waals surface area contributed by atoms with Crippen LogP contribution < -0.4 is 10.6 Å². The van der Waals surface area contributed by atoms with Gasteiger partial charge in [0.05, 0.1) is 0 Å². The smallest absolute Gasteiger partial charge is 0.123 e. The molecule has 2 rings (SSSR count). The maximum atomic E-state index is 13.4. The summed E-state index contributed by atoms with van der Waals surface area (Å²) in [5.74, 6) is -0.212. The molecule has 3 nitrogen and oxygen atoms in total. The SMILES string of the molecule is CCN1CCN(c2ccc(F)cc2[C@@H](C)N)CC1C. The molecule has 1 saturated heterocycles. The van der Waals surface area contributed by atoms with E-state index in [9.17, 15) is 4.39 Å². The highest BCUT2D eigenvalue weighted by molar-refractivity contribution is 5.55. The van der Waals surface area contributed by atoms with Crippen molar-refractivity contribution in [3.05, 3.63) is 29.6 Å². The minimum absolute atomic E-state index is 0.148. The molecule has 1 aliphatic rings. The van der Waals surface area contributed by atoms with Crippen molar-refractivity contribution in [2.45, 2.75) is 32.9 Å². The first-order valence-electron chi connectivity index (χ1n) is 7.07. The molecule has 4 heteroatoms. The summed E-state index contributed by atoms with van der Waals surface area (Å²) in [4.78, 5) is 4.79. The zero-order valence-electron chi connectivity index (χ0n) is 12.1. The van der Waals surface area contributed by atoms with Gasteiger partial charge in [0, 0.05) is 37.4 Å². The van der Waals surface area contributed by atoms with Crippen LogP contribution in [0.25, 0.3) is 0 Å². The van der Waals surface area contributed by atoms with Gasteiger partial charge in [0.1, 0.15) is 5.82 Å². The summed E-state index contributed by atoms with van der Waals surface area (Å²) in [6, 6.07) is 5.33. The largest absolute Gasteiger partial charge is 0.368 e. The molecular weight excluding hydrogens is 241 g/mol. The first-order valence-corrected chi connectivity index (χ1v) is 7.07. The molecule has 2 N–H and O–H groups in total. The minimum Gasteiger partial charge on any atom is -0.368 e. The summed E-state index contributed by atoms with van der Waals surface area (Å²) in [6.07, 6.45) is 0. The monoisotopic (exact) mass is 265 g/mol. The maximum Gasteiger partial charge on any atom is 0.123 e. The Bertz CT molecular complexity index is 433. The standard InChI is InChI=1S/C15H24FN3/c1-4-18-7-8-19(10-11(18)2)15-6-5-13(16)9-14(15)12(3)17/h5-6,9,11-12H,4,7-8,10,17H2,1-3H3/t11?,12-/m1/s1. The van der Waals surface area contributed by atoms with Crippen LogP contribution in [-0.4, -0.2) is 37.1 Å². The predicted molar refractivity (Wildman–Crippen MR) is 77.9 cm³/mol. The lowest BCUT2D eigenvalue weighted by molar-refractivity contribution is 0.199. The molecule has 1 aliphatic heterocycles. The molecule has 19 heavy (non-hydrogen) atoms. The fraction of sp³-hybridized carbons (Fsp3) is 0.600. The number of piperazine rings is 1. The van der Waals surface area contributed by atoms with Gasteiger partial charge in [-0.05, 0) is 44.2 Å². The molecule has 1 unspecified atom stereocenters. The molecule has 106 valence electrons. The van der Waals surface area contributed by atoms with Crippen LogP contribution in [0, 0.1) is 5.82 Å². The molecule has 1 fully saturated rings. The lowest BCUT2D eigenvalue weighted by Crippen LogP contribution is -2.52. The Morgan fingerprint density at radius 3 is 2.74 bits per heavy atom. The van der Waals surface area contributed by atoms with Crippen molar-refractivity contribution in [2.24, 2.45) is 5.73 Å². The van der Waals surface area contributed by atoms with E-state index >= 15 is 0 Å². The molecule has 0 amide bonds. The number of anilines is 1. The van der Waals surface area contributed by atoms with Gasteiger partial charge >= 0.3 is 0 Å². The Kier molecular flexibility index (Phi) is 4.42. The van der Waals surface area contributed by atoms with E-state index in [4.69, 9.17) is 5.73 Å². The summed E-state index contributed by atoms with van der Waals surface area (Å²) in [5, 5.41) is 0. The average molecular weight is 265 g/mol. The highest BCUT2D eigenvalue weighted by Gasteiger charge is 2.24. The van der Waals surface area contributed by atoms with Gasteiger partial charge in [-0.2, -0.15) is 0 Å². The van der Waals surface area contributed by atoms with E-state index in [-0.39, 0.29) is 11.9 Å². The van der Waals surface area contributed by atoms with Crippen molar-refractivity contribution in [2.75, 3.05) is 31.1 Å². The molecule has 0 aromatic heterocycles. The van der Waals surface area contributed by atoms with Crippen molar-refractivity contribution in [3.63, 3.8) is 0 Å². The number of halogens is 1. The lowest BCUT2D eigenvalue weighted by atomic mass is 10.0. The molecule has 0 bridgehead atoms. The average Bonchev–Trinajstić information content (AvgIpc) is 2.38. The second-order valence-electron chi connectivity index (χ2n) is 5.42. The van der Waals surface area contributed by atoms with Crippen LogP contribution in [0.4, 0.5) is 10.1 Å². The van der Waals surface area contributed by atoms with E-state index in [0.717, 1.165) is 37.4 Å². The van der Waals surface area contributed by atoms with Gasteiger partial charge in [-0.15, -0.1) is 0 Å². The number of benzene rings is 1. The highest BCUT2D eigenvalue weighted by atomic mass is 19.1. The zero-order chi connectivity index (χ0) is 14.0. The van der Waals surface area contributed by atoms with E-state index in [2.05, 4.69) is 23.6 Å². The molecule has 0 spiro atoms. The van der Waals surface area contributed by atoms with Gasteiger partial charge in [0.2, 0.25) is 0 Å². The van der Waals surface area contributed by atoms with Crippen molar-refractivity contribution < 1.29 is 4.39 Å². The Labute approximate surface area is 115 Å². The van der Waals surface area contributed by atoms with Gasteiger partial charge < -0.3 is 10.6 Å².